The Hall–Kier alpha value is -2.02. The summed E-state index contributed by atoms with van der Waals surface area (Å²) >= 11 is 1.22. The molecule has 0 bridgehead atoms. The first-order valence-electron chi connectivity index (χ1n) is 5.25. The molecule has 0 unspecified atom stereocenters. The monoisotopic (exact) mass is 265 g/mol. The first-order chi connectivity index (χ1) is 8.75. The summed E-state index contributed by atoms with van der Waals surface area (Å²) in [6.07, 6.45) is 0. The van der Waals surface area contributed by atoms with Gasteiger partial charge in [0.15, 0.2) is 5.03 Å². The summed E-state index contributed by atoms with van der Waals surface area (Å²) in [4.78, 5) is 24.2. The van der Waals surface area contributed by atoms with Gasteiger partial charge in [0.25, 0.3) is 5.56 Å². The smallest absolute Gasteiger partial charge is 0.342 e. The van der Waals surface area contributed by atoms with Gasteiger partial charge in [0, 0.05) is 5.75 Å². The van der Waals surface area contributed by atoms with E-state index in [2.05, 4.69) is 15.2 Å². The third-order valence-electron chi connectivity index (χ3n) is 2.01. The van der Waals surface area contributed by atoms with Gasteiger partial charge in [-0.1, -0.05) is 30.0 Å². The maximum absolute atomic E-state index is 11.3. The van der Waals surface area contributed by atoms with Crippen LogP contribution in [0.15, 0.2) is 44.9 Å². The molecule has 0 spiro atoms. The fourth-order valence-corrected chi connectivity index (χ4v) is 1.90. The zero-order valence-corrected chi connectivity index (χ0v) is 10.2. The molecule has 0 aliphatic rings. The Morgan fingerprint density at radius 2 is 2.00 bits per heavy atom. The lowest BCUT2D eigenvalue weighted by Gasteiger charge is -2.04. The van der Waals surface area contributed by atoms with Crippen LogP contribution in [-0.2, 0) is 0 Å². The number of hydrogen-bond donors (Lipinski definition) is 2. The molecule has 7 heteroatoms. The van der Waals surface area contributed by atoms with Gasteiger partial charge in [0.2, 0.25) is 0 Å². The van der Waals surface area contributed by atoms with Crippen LogP contribution in [-0.4, -0.2) is 27.5 Å². The normalized spacial score (nSPS) is 10.2. The number of para-hydroxylation sites is 1. The highest BCUT2D eigenvalue weighted by Gasteiger charge is 2.02. The number of aromatic nitrogens is 3. The van der Waals surface area contributed by atoms with E-state index in [1.54, 1.807) is 0 Å². The van der Waals surface area contributed by atoms with Gasteiger partial charge >= 0.3 is 5.69 Å². The Bertz CT molecular complexity index is 609. The molecule has 6 nitrogen and oxygen atoms in total. The first-order valence-corrected chi connectivity index (χ1v) is 6.24. The fourth-order valence-electron chi connectivity index (χ4n) is 1.25. The van der Waals surface area contributed by atoms with Crippen LogP contribution in [0.25, 0.3) is 0 Å². The average molecular weight is 265 g/mol. The molecule has 18 heavy (non-hydrogen) atoms. The predicted octanol–water partition coefficient (Wildman–Crippen LogP) is 0.629. The van der Waals surface area contributed by atoms with Gasteiger partial charge in [-0.05, 0) is 12.1 Å². The largest absolute Gasteiger partial charge is 0.493 e. The van der Waals surface area contributed by atoms with Crippen LogP contribution >= 0.6 is 11.8 Å². The van der Waals surface area contributed by atoms with Crippen LogP contribution in [0.5, 0.6) is 5.75 Å². The molecule has 0 amide bonds. The molecule has 0 atom stereocenters. The number of H-pyrrole nitrogens is 2. The van der Waals surface area contributed by atoms with E-state index in [9.17, 15) is 9.59 Å². The number of nitrogens with one attached hydrogen (secondary N) is 2. The zero-order chi connectivity index (χ0) is 12.8. The van der Waals surface area contributed by atoms with Crippen molar-refractivity contribution in [3.05, 3.63) is 51.2 Å². The molecule has 1 heterocycles. The minimum Gasteiger partial charge on any atom is -0.493 e. The number of aromatic amines is 2. The van der Waals surface area contributed by atoms with E-state index < -0.39 is 11.2 Å². The second-order valence-corrected chi connectivity index (χ2v) is 4.41. The van der Waals surface area contributed by atoms with Gasteiger partial charge < -0.3 is 4.74 Å². The predicted molar refractivity (Wildman–Crippen MR) is 68.1 cm³/mol. The molecule has 0 fully saturated rings. The van der Waals surface area contributed by atoms with Gasteiger partial charge in [0.1, 0.15) is 5.75 Å². The average Bonchev–Trinajstić information content (AvgIpc) is 2.38. The minimum atomic E-state index is -0.607. The van der Waals surface area contributed by atoms with Crippen LogP contribution in [0.1, 0.15) is 0 Å². The van der Waals surface area contributed by atoms with Crippen molar-refractivity contribution in [2.45, 2.75) is 5.03 Å². The molecule has 0 saturated heterocycles. The Balaban J connectivity index is 1.82. The van der Waals surface area contributed by atoms with E-state index in [0.29, 0.717) is 12.4 Å². The quantitative estimate of drug-likeness (QED) is 0.611. The van der Waals surface area contributed by atoms with Crippen LogP contribution in [0.4, 0.5) is 0 Å². The summed E-state index contributed by atoms with van der Waals surface area (Å²) in [6.45, 7) is 0.453. The Morgan fingerprint density at radius 1 is 1.22 bits per heavy atom. The van der Waals surface area contributed by atoms with E-state index in [-0.39, 0.29) is 5.03 Å². The lowest BCUT2D eigenvalue weighted by atomic mass is 10.3. The highest BCUT2D eigenvalue weighted by molar-refractivity contribution is 7.99. The van der Waals surface area contributed by atoms with Crippen LogP contribution in [0.2, 0.25) is 0 Å². The molecule has 2 N–H and O–H groups in total. The van der Waals surface area contributed by atoms with Crippen LogP contribution < -0.4 is 16.0 Å². The number of ether oxygens (including phenoxy) is 1. The number of rotatable bonds is 5. The highest BCUT2D eigenvalue weighted by atomic mass is 32.2. The van der Waals surface area contributed by atoms with Crippen molar-refractivity contribution in [2.24, 2.45) is 0 Å². The maximum Gasteiger partial charge on any atom is 0.342 e. The summed E-state index contributed by atoms with van der Waals surface area (Å²) in [5, 5.41) is 6.05. The molecule has 1 aromatic heterocycles. The van der Waals surface area contributed by atoms with E-state index in [1.807, 2.05) is 30.3 Å². The molecule has 2 rings (SSSR count). The standard InChI is InChI=1S/C11H11N3O3S/c15-9-10(13-14-11(16)12-9)18-7-6-17-8-4-2-1-3-5-8/h1-5H,6-7H2,(H2,12,14,15,16). The Kier molecular flexibility index (Phi) is 4.19. The molecule has 0 aliphatic carbocycles. The van der Waals surface area contributed by atoms with Crippen LogP contribution in [0.3, 0.4) is 0 Å². The number of hydrogen-bond acceptors (Lipinski definition) is 5. The molecular formula is C11H11N3O3S. The number of benzene rings is 1. The minimum absolute atomic E-state index is 0.228. The summed E-state index contributed by atoms with van der Waals surface area (Å²) in [5.41, 5.74) is -1.09. The van der Waals surface area contributed by atoms with Crippen molar-refractivity contribution in [1.29, 1.82) is 0 Å². The van der Waals surface area contributed by atoms with Gasteiger partial charge in [-0.15, -0.1) is 0 Å². The van der Waals surface area contributed by atoms with E-state index >= 15 is 0 Å². The summed E-state index contributed by atoms with van der Waals surface area (Å²) in [5.74, 6) is 1.35. The van der Waals surface area contributed by atoms with Crippen molar-refractivity contribution in [2.75, 3.05) is 12.4 Å². The molecule has 0 aliphatic heterocycles. The third kappa shape index (κ3) is 3.49. The van der Waals surface area contributed by atoms with E-state index in [4.69, 9.17) is 4.74 Å². The topological polar surface area (TPSA) is 87.8 Å². The van der Waals surface area contributed by atoms with Gasteiger partial charge in [-0.25, -0.2) is 9.89 Å². The van der Waals surface area contributed by atoms with Crippen molar-refractivity contribution in [1.82, 2.24) is 15.2 Å². The van der Waals surface area contributed by atoms with Crippen molar-refractivity contribution in [3.63, 3.8) is 0 Å². The van der Waals surface area contributed by atoms with Crippen molar-refractivity contribution >= 4 is 11.8 Å². The lowest BCUT2D eigenvalue weighted by Crippen LogP contribution is -2.25. The third-order valence-corrected chi connectivity index (χ3v) is 2.94. The first kappa shape index (κ1) is 12.4. The van der Waals surface area contributed by atoms with Crippen LogP contribution in [0, 0.1) is 0 Å². The summed E-state index contributed by atoms with van der Waals surface area (Å²) in [7, 11) is 0. The Labute approximate surface area is 106 Å². The molecule has 1 aromatic carbocycles. The van der Waals surface area contributed by atoms with E-state index in [0.717, 1.165) is 5.75 Å². The van der Waals surface area contributed by atoms with E-state index in [1.165, 1.54) is 11.8 Å². The molecule has 94 valence electrons. The molecule has 0 saturated carbocycles. The molecular weight excluding hydrogens is 254 g/mol. The number of nitrogens with zero attached hydrogens (tertiary/aromatic N) is 1. The summed E-state index contributed by atoms with van der Waals surface area (Å²) < 4.78 is 5.46. The van der Waals surface area contributed by atoms with Gasteiger partial charge in [-0.2, -0.15) is 5.10 Å². The molecule has 2 aromatic rings. The van der Waals surface area contributed by atoms with Gasteiger partial charge in [0.05, 0.1) is 6.61 Å². The second-order valence-electron chi connectivity index (χ2n) is 3.32. The summed E-state index contributed by atoms with van der Waals surface area (Å²) in [6, 6.07) is 9.39. The zero-order valence-electron chi connectivity index (χ0n) is 9.38. The maximum atomic E-state index is 11.3. The fraction of sp³-hybridized carbons (Fsp3) is 0.182. The van der Waals surface area contributed by atoms with Crippen molar-refractivity contribution < 1.29 is 4.74 Å². The lowest BCUT2D eigenvalue weighted by molar-refractivity contribution is 0.344. The molecule has 0 radical (unpaired) electrons. The number of thioether (sulfide) groups is 1. The SMILES string of the molecule is O=c1[nH]nc(SCCOc2ccccc2)c(=O)[nH]1. The highest BCUT2D eigenvalue weighted by Crippen LogP contribution is 2.11. The Morgan fingerprint density at radius 3 is 2.72 bits per heavy atom. The van der Waals surface area contributed by atoms with Gasteiger partial charge in [-0.3, -0.25) is 9.78 Å². The van der Waals surface area contributed by atoms with Crippen molar-refractivity contribution in [3.8, 4) is 5.75 Å². The second kappa shape index (κ2) is 6.06.